The van der Waals surface area contributed by atoms with Gasteiger partial charge in [-0.05, 0) is 56.0 Å². The van der Waals surface area contributed by atoms with Crippen molar-refractivity contribution in [1.29, 1.82) is 5.26 Å². The van der Waals surface area contributed by atoms with Gasteiger partial charge in [0.05, 0.1) is 6.07 Å². The number of amides is 2. The third-order valence-corrected chi connectivity index (χ3v) is 5.93. The van der Waals surface area contributed by atoms with E-state index in [1.165, 1.54) is 0 Å². The Hall–Kier alpha value is -3.47. The van der Waals surface area contributed by atoms with Crippen molar-refractivity contribution in [3.05, 3.63) is 42.1 Å². The number of carbonyl (C=O) groups excluding carboxylic acids is 2. The number of nitriles is 1. The molecule has 154 valence electrons. The highest BCUT2D eigenvalue weighted by Gasteiger charge is 2.46. The molecular formula is C22H24N6O2. The average Bonchev–Trinajstić information content (AvgIpc) is 3.43. The molecule has 30 heavy (non-hydrogen) atoms. The number of likely N-dealkylation sites (tertiary alicyclic amines) is 1. The largest absolute Gasteiger partial charge is 0.339 e. The zero-order valence-corrected chi connectivity index (χ0v) is 17.0. The maximum Gasteiger partial charge on any atom is 0.253 e. The number of aromatic nitrogens is 2. The third kappa shape index (κ3) is 3.59. The smallest absolute Gasteiger partial charge is 0.253 e. The van der Waals surface area contributed by atoms with Gasteiger partial charge in [0.25, 0.3) is 5.91 Å². The van der Waals surface area contributed by atoms with Crippen LogP contribution < -0.4 is 10.2 Å². The Kier molecular flexibility index (Phi) is 5.36. The first kappa shape index (κ1) is 19.8. The molecule has 4 rings (SSSR count). The van der Waals surface area contributed by atoms with Crippen LogP contribution in [0.15, 0.2) is 36.5 Å². The van der Waals surface area contributed by atoms with Crippen molar-refractivity contribution < 1.29 is 9.59 Å². The van der Waals surface area contributed by atoms with Crippen molar-refractivity contribution in [3.63, 3.8) is 0 Å². The van der Waals surface area contributed by atoms with E-state index >= 15 is 0 Å². The fraction of sp³-hybridized carbons (Fsp3) is 0.409. The number of carbonyl (C=O) groups is 2. The van der Waals surface area contributed by atoms with Gasteiger partial charge in [0.2, 0.25) is 11.9 Å². The number of nitrogens with zero attached hydrogens (tertiary/aromatic N) is 5. The topological polar surface area (TPSA) is 102 Å². The number of nitrogens with one attached hydrogen (secondary N) is 1. The zero-order valence-electron chi connectivity index (χ0n) is 17.0. The van der Waals surface area contributed by atoms with Crippen LogP contribution in [0.5, 0.6) is 0 Å². The van der Waals surface area contributed by atoms with Crippen LogP contribution in [0.4, 0.5) is 17.5 Å². The molecule has 0 aliphatic carbocycles. The lowest BCUT2D eigenvalue weighted by molar-refractivity contribution is -0.123. The van der Waals surface area contributed by atoms with E-state index in [1.54, 1.807) is 29.3 Å². The highest BCUT2D eigenvalue weighted by molar-refractivity contribution is 6.01. The summed E-state index contributed by atoms with van der Waals surface area (Å²) in [5.74, 6) is 0.678. The van der Waals surface area contributed by atoms with Gasteiger partial charge < -0.3 is 10.2 Å². The maximum absolute atomic E-state index is 12.8. The van der Waals surface area contributed by atoms with Gasteiger partial charge in [-0.3, -0.25) is 14.5 Å². The molecule has 8 heteroatoms. The molecule has 2 amide bonds. The molecule has 1 aromatic carbocycles. The Balaban J connectivity index is 1.47. The van der Waals surface area contributed by atoms with E-state index in [4.69, 9.17) is 0 Å². The Bertz CT molecular complexity index is 993. The van der Waals surface area contributed by atoms with E-state index in [-0.39, 0.29) is 11.8 Å². The summed E-state index contributed by atoms with van der Waals surface area (Å²) in [4.78, 5) is 37.3. The van der Waals surface area contributed by atoms with Gasteiger partial charge in [-0.1, -0.05) is 6.92 Å². The summed E-state index contributed by atoms with van der Waals surface area (Å²) in [7, 11) is 0. The monoisotopic (exact) mass is 404 g/mol. The van der Waals surface area contributed by atoms with E-state index in [0.717, 1.165) is 31.6 Å². The fourth-order valence-corrected chi connectivity index (χ4v) is 3.99. The first-order chi connectivity index (χ1) is 14.6. The minimum absolute atomic E-state index is 0.0572. The Morgan fingerprint density at radius 3 is 2.57 bits per heavy atom. The fourth-order valence-electron chi connectivity index (χ4n) is 3.99. The third-order valence-electron chi connectivity index (χ3n) is 5.93. The first-order valence-electron chi connectivity index (χ1n) is 10.3. The molecule has 3 heterocycles. The molecule has 0 bridgehead atoms. The molecule has 2 fully saturated rings. The summed E-state index contributed by atoms with van der Waals surface area (Å²) in [5, 5.41) is 12.6. The lowest BCUT2D eigenvalue weighted by Crippen LogP contribution is -2.33. The molecule has 0 radical (unpaired) electrons. The minimum atomic E-state index is -0.962. The van der Waals surface area contributed by atoms with Gasteiger partial charge in [0, 0.05) is 37.1 Å². The lowest BCUT2D eigenvalue weighted by Gasteiger charge is -2.19. The van der Waals surface area contributed by atoms with Crippen LogP contribution in [0.1, 0.15) is 43.0 Å². The van der Waals surface area contributed by atoms with Crippen molar-refractivity contribution in [2.24, 2.45) is 5.41 Å². The summed E-state index contributed by atoms with van der Waals surface area (Å²) >= 11 is 0. The molecular weight excluding hydrogens is 380 g/mol. The van der Waals surface area contributed by atoms with Crippen LogP contribution in [0.3, 0.4) is 0 Å². The second-order valence-corrected chi connectivity index (χ2v) is 7.69. The molecule has 1 aromatic heterocycles. The van der Waals surface area contributed by atoms with E-state index in [1.807, 2.05) is 24.0 Å². The SMILES string of the molecule is CC[C@]1(C#N)CCN(c2ccnc(Nc3ccc(C(=O)N4CCCC4)cc3)n2)C1=O. The van der Waals surface area contributed by atoms with E-state index < -0.39 is 5.41 Å². The predicted octanol–water partition coefficient (Wildman–Crippen LogP) is 3.11. The number of hydrogen-bond donors (Lipinski definition) is 1. The Labute approximate surface area is 175 Å². The maximum atomic E-state index is 12.8. The van der Waals surface area contributed by atoms with Gasteiger partial charge in [0.1, 0.15) is 11.2 Å². The van der Waals surface area contributed by atoms with E-state index in [9.17, 15) is 14.9 Å². The molecule has 0 saturated carbocycles. The second kappa shape index (κ2) is 8.11. The van der Waals surface area contributed by atoms with Crippen LogP contribution >= 0.6 is 0 Å². The van der Waals surface area contributed by atoms with Crippen LogP contribution in [0.2, 0.25) is 0 Å². The van der Waals surface area contributed by atoms with E-state index in [0.29, 0.717) is 36.7 Å². The molecule has 1 N–H and O–H groups in total. The molecule has 1 atom stereocenters. The van der Waals surface area contributed by atoms with Gasteiger partial charge >= 0.3 is 0 Å². The van der Waals surface area contributed by atoms with Crippen LogP contribution in [0.25, 0.3) is 0 Å². The van der Waals surface area contributed by atoms with Crippen molar-refractivity contribution >= 4 is 29.3 Å². The second-order valence-electron chi connectivity index (χ2n) is 7.69. The van der Waals surface area contributed by atoms with Gasteiger partial charge in [-0.15, -0.1) is 0 Å². The van der Waals surface area contributed by atoms with Crippen LogP contribution in [-0.4, -0.2) is 46.3 Å². The number of hydrogen-bond acceptors (Lipinski definition) is 6. The van der Waals surface area contributed by atoms with Gasteiger partial charge in [-0.25, -0.2) is 4.98 Å². The van der Waals surface area contributed by atoms with Crippen molar-refractivity contribution in [3.8, 4) is 6.07 Å². The predicted molar refractivity (Wildman–Crippen MR) is 112 cm³/mol. The number of anilines is 3. The number of rotatable bonds is 5. The number of benzene rings is 1. The highest BCUT2D eigenvalue weighted by atomic mass is 16.2. The van der Waals surface area contributed by atoms with Crippen molar-refractivity contribution in [2.45, 2.75) is 32.6 Å². The summed E-state index contributed by atoms with van der Waals surface area (Å²) in [6, 6.07) is 11.1. The summed E-state index contributed by atoms with van der Waals surface area (Å²) < 4.78 is 0. The Morgan fingerprint density at radius 1 is 1.20 bits per heavy atom. The highest BCUT2D eigenvalue weighted by Crippen LogP contribution is 2.36. The van der Waals surface area contributed by atoms with Gasteiger partial charge in [0.15, 0.2) is 0 Å². The molecule has 2 aliphatic heterocycles. The first-order valence-corrected chi connectivity index (χ1v) is 10.3. The summed E-state index contributed by atoms with van der Waals surface area (Å²) in [6.07, 6.45) is 4.69. The molecule has 2 aromatic rings. The standard InChI is InChI=1S/C22H24N6O2/c1-2-22(15-23)10-14-28(20(22)30)18-9-11-24-21(26-18)25-17-7-5-16(6-8-17)19(29)27-12-3-4-13-27/h5-9,11H,2-4,10,12-14H2,1H3,(H,24,25,26)/t22-/m1/s1. The quantitative estimate of drug-likeness (QED) is 0.821. The minimum Gasteiger partial charge on any atom is -0.339 e. The van der Waals surface area contributed by atoms with Crippen LogP contribution in [-0.2, 0) is 4.79 Å². The molecule has 8 nitrogen and oxygen atoms in total. The molecule has 0 unspecified atom stereocenters. The molecule has 2 aliphatic rings. The zero-order chi connectivity index (χ0) is 21.1. The molecule has 0 spiro atoms. The summed E-state index contributed by atoms with van der Waals surface area (Å²) in [6.45, 7) is 3.96. The summed E-state index contributed by atoms with van der Waals surface area (Å²) in [5.41, 5.74) is 0.445. The van der Waals surface area contributed by atoms with Crippen molar-refractivity contribution in [2.75, 3.05) is 29.9 Å². The van der Waals surface area contributed by atoms with Crippen molar-refractivity contribution in [1.82, 2.24) is 14.9 Å². The van der Waals surface area contributed by atoms with Gasteiger partial charge in [-0.2, -0.15) is 10.2 Å². The normalized spacial score (nSPS) is 21.0. The average molecular weight is 404 g/mol. The van der Waals surface area contributed by atoms with E-state index in [2.05, 4.69) is 21.4 Å². The lowest BCUT2D eigenvalue weighted by atomic mass is 9.85. The molecule has 2 saturated heterocycles. The van der Waals surface area contributed by atoms with Crippen LogP contribution in [0, 0.1) is 16.7 Å². The Morgan fingerprint density at radius 2 is 1.93 bits per heavy atom.